The van der Waals surface area contributed by atoms with E-state index in [0.717, 1.165) is 21.8 Å². The SMILES string of the molecule is COC(=O)C[n+]1c2ccccc2cc2c3ccccc3ccc21. The zero-order valence-corrected chi connectivity index (χ0v) is 12.8. The van der Waals surface area contributed by atoms with E-state index in [-0.39, 0.29) is 12.5 Å². The maximum Gasteiger partial charge on any atom is 0.372 e. The molecule has 0 unspecified atom stereocenters. The molecule has 3 aromatic carbocycles. The van der Waals surface area contributed by atoms with Crippen molar-refractivity contribution in [2.24, 2.45) is 0 Å². The van der Waals surface area contributed by atoms with Gasteiger partial charge in [0, 0.05) is 17.5 Å². The molecule has 1 aromatic heterocycles. The number of ether oxygens (including phenoxy) is 1. The van der Waals surface area contributed by atoms with Gasteiger partial charge in [0.2, 0.25) is 17.6 Å². The molecule has 0 N–H and O–H groups in total. The molecular formula is C20H16NO2+. The molecule has 4 aromatic rings. The van der Waals surface area contributed by atoms with Crippen molar-refractivity contribution in [1.29, 1.82) is 0 Å². The fraction of sp³-hybridized carbons (Fsp3) is 0.100. The molecule has 0 amide bonds. The van der Waals surface area contributed by atoms with Gasteiger partial charge in [0.25, 0.3) is 0 Å². The van der Waals surface area contributed by atoms with Crippen molar-refractivity contribution in [2.45, 2.75) is 6.54 Å². The third-order valence-electron chi connectivity index (χ3n) is 4.28. The molecule has 0 saturated carbocycles. The van der Waals surface area contributed by atoms with Crippen molar-refractivity contribution in [1.82, 2.24) is 0 Å². The van der Waals surface area contributed by atoms with E-state index in [9.17, 15) is 4.79 Å². The van der Waals surface area contributed by atoms with Gasteiger partial charge >= 0.3 is 5.97 Å². The number of para-hydroxylation sites is 1. The number of benzene rings is 3. The maximum atomic E-state index is 11.9. The molecule has 0 spiro atoms. The summed E-state index contributed by atoms with van der Waals surface area (Å²) in [4.78, 5) is 11.9. The highest BCUT2D eigenvalue weighted by Crippen LogP contribution is 2.26. The van der Waals surface area contributed by atoms with Gasteiger partial charge in [-0.05, 0) is 29.0 Å². The summed E-state index contributed by atoms with van der Waals surface area (Å²) in [6.45, 7) is 0.201. The Morgan fingerprint density at radius 1 is 0.870 bits per heavy atom. The molecule has 3 nitrogen and oxygen atoms in total. The van der Waals surface area contributed by atoms with Crippen LogP contribution >= 0.6 is 0 Å². The molecule has 0 bridgehead atoms. The molecule has 112 valence electrons. The number of carbonyl (C=O) groups is 1. The predicted molar refractivity (Wildman–Crippen MR) is 91.2 cm³/mol. The Kier molecular flexibility index (Phi) is 3.19. The average molecular weight is 302 g/mol. The number of hydrogen-bond donors (Lipinski definition) is 0. The van der Waals surface area contributed by atoms with Crippen LogP contribution in [0.15, 0.2) is 66.7 Å². The second-order valence-corrected chi connectivity index (χ2v) is 5.58. The molecule has 0 atom stereocenters. The van der Waals surface area contributed by atoms with Crippen LogP contribution in [0.3, 0.4) is 0 Å². The number of methoxy groups -OCH3 is 1. The van der Waals surface area contributed by atoms with Crippen molar-refractivity contribution in [2.75, 3.05) is 7.11 Å². The summed E-state index contributed by atoms with van der Waals surface area (Å²) in [6.07, 6.45) is 0. The predicted octanol–water partition coefficient (Wildman–Crippen LogP) is 3.61. The molecule has 0 saturated heterocycles. The summed E-state index contributed by atoms with van der Waals surface area (Å²) in [5.74, 6) is -0.249. The van der Waals surface area contributed by atoms with Crippen molar-refractivity contribution in [3.05, 3.63) is 66.7 Å². The van der Waals surface area contributed by atoms with Crippen LogP contribution in [0, 0.1) is 0 Å². The number of aromatic nitrogens is 1. The lowest BCUT2D eigenvalue weighted by atomic mass is 10.0. The van der Waals surface area contributed by atoms with Gasteiger partial charge in [0.05, 0.1) is 12.5 Å². The van der Waals surface area contributed by atoms with E-state index in [1.54, 1.807) is 0 Å². The minimum absolute atomic E-state index is 0.201. The fourth-order valence-corrected chi connectivity index (χ4v) is 3.18. The molecular weight excluding hydrogens is 286 g/mol. The van der Waals surface area contributed by atoms with Crippen LogP contribution < -0.4 is 4.57 Å². The van der Waals surface area contributed by atoms with E-state index in [0.29, 0.717) is 0 Å². The number of pyridine rings is 1. The van der Waals surface area contributed by atoms with E-state index in [1.165, 1.54) is 17.9 Å². The highest BCUT2D eigenvalue weighted by molar-refractivity contribution is 6.07. The first kappa shape index (κ1) is 13.7. The lowest BCUT2D eigenvalue weighted by Gasteiger charge is -2.07. The molecule has 0 radical (unpaired) electrons. The standard InChI is InChI=1S/C20H16NO2/c1-23-20(22)13-21-18-9-5-3-7-15(18)12-17-16-8-4-2-6-14(16)10-11-19(17)21/h2-12H,13H2,1H3/q+1. The van der Waals surface area contributed by atoms with Gasteiger partial charge in [0.15, 0.2) is 0 Å². The number of carbonyl (C=O) groups excluding carboxylic acids is 1. The topological polar surface area (TPSA) is 30.2 Å². The summed E-state index contributed by atoms with van der Waals surface area (Å²) in [5.41, 5.74) is 2.06. The van der Waals surface area contributed by atoms with Crippen molar-refractivity contribution < 1.29 is 14.1 Å². The molecule has 23 heavy (non-hydrogen) atoms. The fourth-order valence-electron chi connectivity index (χ4n) is 3.18. The van der Waals surface area contributed by atoms with Crippen LogP contribution in [0.2, 0.25) is 0 Å². The Hall–Kier alpha value is -2.94. The Labute approximate surface area is 133 Å². The van der Waals surface area contributed by atoms with Crippen molar-refractivity contribution in [3.8, 4) is 0 Å². The first-order chi connectivity index (χ1) is 11.3. The Balaban J connectivity index is 2.16. The quantitative estimate of drug-likeness (QED) is 0.245. The van der Waals surface area contributed by atoms with E-state index in [1.807, 2.05) is 34.9 Å². The molecule has 1 heterocycles. The Morgan fingerprint density at radius 2 is 1.61 bits per heavy atom. The molecule has 4 rings (SSSR count). The van der Waals surface area contributed by atoms with Gasteiger partial charge in [-0.15, -0.1) is 0 Å². The summed E-state index contributed by atoms with van der Waals surface area (Å²) in [5, 5.41) is 4.64. The van der Waals surface area contributed by atoms with Crippen LogP contribution in [0.25, 0.3) is 32.6 Å². The molecule has 0 aliphatic heterocycles. The minimum atomic E-state index is -0.249. The second-order valence-electron chi connectivity index (χ2n) is 5.58. The van der Waals surface area contributed by atoms with Gasteiger partial charge in [-0.25, -0.2) is 4.79 Å². The summed E-state index contributed by atoms with van der Waals surface area (Å²) < 4.78 is 6.91. The van der Waals surface area contributed by atoms with Crippen molar-refractivity contribution >= 4 is 38.5 Å². The average Bonchev–Trinajstić information content (AvgIpc) is 2.61. The second kappa shape index (κ2) is 5.36. The minimum Gasteiger partial charge on any atom is -0.464 e. The molecule has 0 aliphatic rings. The largest absolute Gasteiger partial charge is 0.464 e. The first-order valence-electron chi connectivity index (χ1n) is 7.58. The third kappa shape index (κ3) is 2.21. The Bertz CT molecular complexity index is 1050. The van der Waals surface area contributed by atoms with E-state index in [4.69, 9.17) is 4.74 Å². The number of fused-ring (bicyclic) bond motifs is 4. The smallest absolute Gasteiger partial charge is 0.372 e. The molecule has 3 heteroatoms. The molecule has 0 aliphatic carbocycles. The highest BCUT2D eigenvalue weighted by atomic mass is 16.5. The third-order valence-corrected chi connectivity index (χ3v) is 4.28. The zero-order valence-electron chi connectivity index (χ0n) is 12.8. The maximum absolute atomic E-state index is 11.9. The van der Waals surface area contributed by atoms with Crippen LogP contribution in [-0.4, -0.2) is 13.1 Å². The van der Waals surface area contributed by atoms with Crippen LogP contribution in [0.5, 0.6) is 0 Å². The summed E-state index contributed by atoms with van der Waals surface area (Å²) in [7, 11) is 1.42. The number of nitrogens with zero attached hydrogens (tertiary/aromatic N) is 1. The van der Waals surface area contributed by atoms with E-state index in [2.05, 4.69) is 36.4 Å². The number of hydrogen-bond acceptors (Lipinski definition) is 2. The van der Waals surface area contributed by atoms with Gasteiger partial charge in [-0.3, -0.25) is 0 Å². The molecule has 0 fully saturated rings. The number of esters is 1. The lowest BCUT2D eigenvalue weighted by Crippen LogP contribution is -2.40. The van der Waals surface area contributed by atoms with Gasteiger partial charge in [-0.1, -0.05) is 36.4 Å². The van der Waals surface area contributed by atoms with Crippen LogP contribution in [0.4, 0.5) is 0 Å². The van der Waals surface area contributed by atoms with Crippen molar-refractivity contribution in [3.63, 3.8) is 0 Å². The van der Waals surface area contributed by atoms with Gasteiger partial charge in [-0.2, -0.15) is 4.57 Å². The van der Waals surface area contributed by atoms with Crippen LogP contribution in [0.1, 0.15) is 0 Å². The zero-order chi connectivity index (χ0) is 15.8. The summed E-state index contributed by atoms with van der Waals surface area (Å²) in [6, 6.07) is 22.8. The highest BCUT2D eigenvalue weighted by Gasteiger charge is 2.19. The van der Waals surface area contributed by atoms with E-state index >= 15 is 0 Å². The monoisotopic (exact) mass is 302 g/mol. The van der Waals surface area contributed by atoms with Gasteiger partial charge in [0.1, 0.15) is 0 Å². The lowest BCUT2D eigenvalue weighted by molar-refractivity contribution is -0.633. The van der Waals surface area contributed by atoms with Crippen LogP contribution in [-0.2, 0) is 16.1 Å². The first-order valence-corrected chi connectivity index (χ1v) is 7.58. The summed E-state index contributed by atoms with van der Waals surface area (Å²) >= 11 is 0. The normalized spacial score (nSPS) is 11.2. The Morgan fingerprint density at radius 3 is 2.43 bits per heavy atom. The van der Waals surface area contributed by atoms with E-state index < -0.39 is 0 Å². The number of rotatable bonds is 2. The van der Waals surface area contributed by atoms with Gasteiger partial charge < -0.3 is 4.74 Å².